The maximum atomic E-state index is 11.8. The van der Waals surface area contributed by atoms with Crippen molar-refractivity contribution >= 4 is 23.3 Å². The van der Waals surface area contributed by atoms with E-state index in [1.165, 1.54) is 25.7 Å². The smallest absolute Gasteiger partial charge is 0.247 e. The second-order valence-electron chi connectivity index (χ2n) is 5.96. The van der Waals surface area contributed by atoms with E-state index in [1.807, 2.05) is 18.2 Å². The van der Waals surface area contributed by atoms with Crippen molar-refractivity contribution in [3.63, 3.8) is 0 Å². The third kappa shape index (κ3) is 9.77. The molecule has 1 aromatic carbocycles. The molecule has 0 unspecified atom stereocenters. The second-order valence-corrected chi connectivity index (χ2v) is 5.96. The van der Waals surface area contributed by atoms with Crippen LogP contribution in [-0.4, -0.2) is 17.6 Å². The molecule has 0 heterocycles. The van der Waals surface area contributed by atoms with E-state index in [0.29, 0.717) is 12.1 Å². The number of nitrogens with one attached hydrogen (secondary N) is 1. The number of rotatable bonds is 11. The Labute approximate surface area is 144 Å². The van der Waals surface area contributed by atoms with Gasteiger partial charge in [0.2, 0.25) is 11.8 Å². The number of carbonyl (C=O) groups is 2. The zero-order valence-corrected chi connectivity index (χ0v) is 14.6. The highest BCUT2D eigenvalue weighted by atomic mass is 16.2. The number of aliphatic imine (C=N–C) groups is 1. The third-order valence-electron chi connectivity index (χ3n) is 3.66. The van der Waals surface area contributed by atoms with E-state index in [1.54, 1.807) is 12.1 Å². The molecular formula is C19H29N3O2. The number of hydrogen-bond acceptors (Lipinski definition) is 2. The molecule has 0 aliphatic rings. The molecule has 0 radical (unpaired) electrons. The molecule has 0 saturated carbocycles. The average Bonchev–Trinajstić information content (AvgIpc) is 2.54. The van der Waals surface area contributed by atoms with Gasteiger partial charge in [-0.15, -0.1) is 0 Å². The van der Waals surface area contributed by atoms with Gasteiger partial charge in [-0.05, 0) is 18.6 Å². The number of benzene rings is 1. The minimum atomic E-state index is -0.272. The molecule has 0 aromatic heterocycles. The Balaban J connectivity index is 2.19. The Kier molecular flexibility index (Phi) is 10.2. The first kappa shape index (κ1) is 19.9. The van der Waals surface area contributed by atoms with Gasteiger partial charge in [-0.3, -0.25) is 9.59 Å². The Hall–Kier alpha value is -2.17. The second kappa shape index (κ2) is 12.3. The predicted molar refractivity (Wildman–Crippen MR) is 98.9 cm³/mol. The normalized spacial score (nSPS) is 11.3. The van der Waals surface area contributed by atoms with E-state index in [9.17, 15) is 9.59 Å². The van der Waals surface area contributed by atoms with E-state index in [-0.39, 0.29) is 24.1 Å². The van der Waals surface area contributed by atoms with Gasteiger partial charge < -0.3 is 11.1 Å². The Morgan fingerprint density at radius 1 is 1.00 bits per heavy atom. The lowest BCUT2D eigenvalue weighted by Gasteiger charge is -2.04. The summed E-state index contributed by atoms with van der Waals surface area (Å²) >= 11 is 0. The first-order valence-corrected chi connectivity index (χ1v) is 8.82. The molecular weight excluding hydrogens is 302 g/mol. The van der Waals surface area contributed by atoms with Gasteiger partial charge in [0.15, 0.2) is 0 Å². The predicted octanol–water partition coefficient (Wildman–Crippen LogP) is 4.04. The van der Waals surface area contributed by atoms with Gasteiger partial charge >= 0.3 is 0 Å². The number of anilines is 1. The van der Waals surface area contributed by atoms with Crippen LogP contribution in [0, 0.1) is 0 Å². The summed E-state index contributed by atoms with van der Waals surface area (Å²) in [6.45, 7) is 2.20. The molecule has 5 nitrogen and oxygen atoms in total. The molecule has 0 spiro atoms. The van der Waals surface area contributed by atoms with Crippen LogP contribution in [0.5, 0.6) is 0 Å². The van der Waals surface area contributed by atoms with Gasteiger partial charge in [-0.25, -0.2) is 4.99 Å². The van der Waals surface area contributed by atoms with Gasteiger partial charge in [-0.1, -0.05) is 63.6 Å². The first-order chi connectivity index (χ1) is 11.6. The Bertz CT molecular complexity index is 527. The van der Waals surface area contributed by atoms with Crippen molar-refractivity contribution < 1.29 is 9.59 Å². The molecule has 2 amide bonds. The van der Waals surface area contributed by atoms with Crippen molar-refractivity contribution in [3.05, 3.63) is 30.3 Å². The van der Waals surface area contributed by atoms with E-state index in [0.717, 1.165) is 19.3 Å². The van der Waals surface area contributed by atoms with Crippen LogP contribution in [0.25, 0.3) is 0 Å². The highest BCUT2D eigenvalue weighted by Crippen LogP contribution is 2.09. The fourth-order valence-electron chi connectivity index (χ4n) is 2.38. The molecule has 132 valence electrons. The number of amidine groups is 1. The zero-order chi connectivity index (χ0) is 17.6. The molecule has 3 N–H and O–H groups in total. The maximum Gasteiger partial charge on any atom is 0.247 e. The number of hydrogen-bond donors (Lipinski definition) is 2. The van der Waals surface area contributed by atoms with Crippen LogP contribution in [0.1, 0.15) is 64.7 Å². The molecule has 24 heavy (non-hydrogen) atoms. The van der Waals surface area contributed by atoms with Crippen LogP contribution in [0.15, 0.2) is 35.3 Å². The minimum Gasteiger partial charge on any atom is -0.387 e. The fraction of sp³-hybridized carbons (Fsp3) is 0.526. The Morgan fingerprint density at radius 3 is 2.29 bits per heavy atom. The van der Waals surface area contributed by atoms with Crippen molar-refractivity contribution in [2.45, 2.75) is 64.7 Å². The van der Waals surface area contributed by atoms with E-state index in [2.05, 4.69) is 17.2 Å². The molecule has 0 bridgehead atoms. The lowest BCUT2D eigenvalue weighted by molar-refractivity contribution is -0.117. The fourth-order valence-corrected chi connectivity index (χ4v) is 2.38. The summed E-state index contributed by atoms with van der Waals surface area (Å²) in [6.07, 6.45) is 8.38. The summed E-state index contributed by atoms with van der Waals surface area (Å²) in [6, 6.07) is 9.11. The highest BCUT2D eigenvalue weighted by Gasteiger charge is 2.07. The molecule has 0 saturated heterocycles. The van der Waals surface area contributed by atoms with Crippen molar-refractivity contribution in [1.29, 1.82) is 0 Å². The summed E-state index contributed by atoms with van der Waals surface area (Å²) in [5.41, 5.74) is 6.38. The van der Waals surface area contributed by atoms with Crippen molar-refractivity contribution in [3.8, 4) is 0 Å². The molecule has 0 aliphatic heterocycles. The largest absolute Gasteiger partial charge is 0.387 e. The van der Waals surface area contributed by atoms with Crippen LogP contribution in [-0.2, 0) is 9.59 Å². The van der Waals surface area contributed by atoms with Crippen LogP contribution in [0.3, 0.4) is 0 Å². The van der Waals surface area contributed by atoms with E-state index in [4.69, 9.17) is 5.73 Å². The van der Waals surface area contributed by atoms with Gasteiger partial charge in [0, 0.05) is 12.1 Å². The van der Waals surface area contributed by atoms with Gasteiger partial charge in [0.25, 0.3) is 0 Å². The zero-order valence-electron chi connectivity index (χ0n) is 14.6. The monoisotopic (exact) mass is 331 g/mol. The molecule has 5 heteroatoms. The molecule has 0 atom stereocenters. The molecule has 1 rings (SSSR count). The quantitative estimate of drug-likeness (QED) is 0.364. The lowest BCUT2D eigenvalue weighted by atomic mass is 10.1. The van der Waals surface area contributed by atoms with Crippen molar-refractivity contribution in [1.82, 2.24) is 0 Å². The van der Waals surface area contributed by atoms with Crippen LogP contribution < -0.4 is 11.1 Å². The number of amides is 2. The summed E-state index contributed by atoms with van der Waals surface area (Å²) in [4.78, 5) is 27.3. The molecule has 1 aromatic rings. The van der Waals surface area contributed by atoms with Gasteiger partial charge in [0.05, 0.1) is 6.42 Å². The topological polar surface area (TPSA) is 84.6 Å². The SMILES string of the molecule is CCCCCCCCCC(=O)N=C(N)CC(=O)Nc1ccccc1. The molecule has 0 fully saturated rings. The number of para-hydroxylation sites is 1. The van der Waals surface area contributed by atoms with Crippen LogP contribution in [0.2, 0.25) is 0 Å². The van der Waals surface area contributed by atoms with Crippen molar-refractivity contribution in [2.75, 3.05) is 5.32 Å². The van der Waals surface area contributed by atoms with Crippen LogP contribution in [0.4, 0.5) is 5.69 Å². The summed E-state index contributed by atoms with van der Waals surface area (Å²) < 4.78 is 0. The summed E-state index contributed by atoms with van der Waals surface area (Å²) in [7, 11) is 0. The number of nitrogens with two attached hydrogens (primary N) is 1. The first-order valence-electron chi connectivity index (χ1n) is 8.82. The maximum absolute atomic E-state index is 11.8. The number of unbranched alkanes of at least 4 members (excludes halogenated alkanes) is 6. The number of nitrogens with zero attached hydrogens (tertiary/aromatic N) is 1. The van der Waals surface area contributed by atoms with Gasteiger partial charge in [0.1, 0.15) is 5.84 Å². The molecule has 0 aliphatic carbocycles. The van der Waals surface area contributed by atoms with E-state index < -0.39 is 0 Å². The van der Waals surface area contributed by atoms with Crippen LogP contribution >= 0.6 is 0 Å². The number of carbonyl (C=O) groups excluding carboxylic acids is 2. The lowest BCUT2D eigenvalue weighted by Crippen LogP contribution is -2.23. The third-order valence-corrected chi connectivity index (χ3v) is 3.66. The average molecular weight is 331 g/mol. The van der Waals surface area contributed by atoms with Crippen molar-refractivity contribution in [2.24, 2.45) is 10.7 Å². The van der Waals surface area contributed by atoms with Gasteiger partial charge in [-0.2, -0.15) is 0 Å². The standard InChI is InChI=1S/C19H29N3O2/c1-2-3-4-5-6-7-11-14-18(23)22-17(20)15-19(24)21-16-12-9-8-10-13-16/h8-10,12-13H,2-7,11,14-15H2,1H3,(H,21,24)(H2,20,22,23). The highest BCUT2D eigenvalue weighted by molar-refractivity contribution is 6.07. The minimum absolute atomic E-state index is 0.0661. The Morgan fingerprint density at radius 2 is 1.62 bits per heavy atom. The summed E-state index contributed by atoms with van der Waals surface area (Å²) in [5.74, 6) is -0.448. The summed E-state index contributed by atoms with van der Waals surface area (Å²) in [5, 5.41) is 2.71. The van der Waals surface area contributed by atoms with E-state index >= 15 is 0 Å².